The van der Waals surface area contributed by atoms with Crippen molar-refractivity contribution in [3.8, 4) is 0 Å². The van der Waals surface area contributed by atoms with Crippen LogP contribution in [-0.4, -0.2) is 36.4 Å². The number of aliphatic imine (C=N–C) groups is 1. The molecule has 0 N–H and O–H groups in total. The SMILES string of the molecule is C/C(C=O)=N\N1CN=C(c2ccccc2)C=C1c1cccc(P)c1.CC.CN=O. The van der Waals surface area contributed by atoms with Crippen molar-refractivity contribution in [1.82, 2.24) is 5.01 Å². The van der Waals surface area contributed by atoms with E-state index in [2.05, 4.69) is 30.6 Å². The summed E-state index contributed by atoms with van der Waals surface area (Å²) in [6, 6.07) is 18.2. The van der Waals surface area contributed by atoms with Crippen LogP contribution in [-0.2, 0) is 4.79 Å². The fourth-order valence-electron chi connectivity index (χ4n) is 2.48. The Morgan fingerprint density at radius 2 is 1.72 bits per heavy atom. The molecule has 0 bridgehead atoms. The first-order valence-corrected chi connectivity index (χ1v) is 9.83. The van der Waals surface area contributed by atoms with E-state index in [0.29, 0.717) is 12.4 Å². The van der Waals surface area contributed by atoms with Crippen molar-refractivity contribution in [2.24, 2.45) is 15.3 Å². The molecule has 7 heteroatoms. The fourth-order valence-corrected chi connectivity index (χ4v) is 2.77. The third-order valence-electron chi connectivity index (χ3n) is 3.63. The van der Waals surface area contributed by atoms with E-state index >= 15 is 0 Å². The van der Waals surface area contributed by atoms with Gasteiger partial charge in [-0.15, -0.1) is 9.24 Å². The highest BCUT2D eigenvalue weighted by molar-refractivity contribution is 7.27. The van der Waals surface area contributed by atoms with E-state index in [-0.39, 0.29) is 0 Å². The van der Waals surface area contributed by atoms with Crippen LogP contribution >= 0.6 is 9.24 Å². The van der Waals surface area contributed by atoms with Crippen molar-refractivity contribution in [2.45, 2.75) is 20.8 Å². The molecule has 6 nitrogen and oxygen atoms in total. The smallest absolute Gasteiger partial charge is 0.165 e. The van der Waals surface area contributed by atoms with Crippen LogP contribution in [0.1, 0.15) is 31.9 Å². The molecule has 29 heavy (non-hydrogen) atoms. The lowest BCUT2D eigenvalue weighted by Crippen LogP contribution is -2.24. The van der Waals surface area contributed by atoms with Crippen molar-refractivity contribution < 1.29 is 4.79 Å². The van der Waals surface area contributed by atoms with E-state index < -0.39 is 0 Å². The molecule has 0 spiro atoms. The molecule has 1 aliphatic rings. The molecule has 0 amide bonds. The Labute approximate surface area is 174 Å². The van der Waals surface area contributed by atoms with Gasteiger partial charge in [-0.05, 0) is 29.9 Å². The van der Waals surface area contributed by atoms with Gasteiger partial charge >= 0.3 is 0 Å². The number of benzene rings is 2. The Hall–Kier alpha value is -2.98. The van der Waals surface area contributed by atoms with Crippen LogP contribution in [0.5, 0.6) is 0 Å². The second-order valence-electron chi connectivity index (χ2n) is 5.65. The fraction of sp³-hybridized carbons (Fsp3) is 0.227. The average Bonchev–Trinajstić information content (AvgIpc) is 2.76. The summed E-state index contributed by atoms with van der Waals surface area (Å²) in [5.41, 5.74) is 4.35. The van der Waals surface area contributed by atoms with Crippen molar-refractivity contribution >= 4 is 38.0 Å². The van der Waals surface area contributed by atoms with Crippen LogP contribution in [0.3, 0.4) is 0 Å². The Morgan fingerprint density at radius 1 is 1.10 bits per heavy atom. The first-order chi connectivity index (χ1) is 14.1. The summed E-state index contributed by atoms with van der Waals surface area (Å²) in [6.45, 7) is 6.06. The molecule has 1 atom stereocenters. The number of carbonyl (C=O) groups is 1. The maximum atomic E-state index is 10.9. The number of hydrogen-bond acceptors (Lipinski definition) is 6. The minimum absolute atomic E-state index is 0.377. The predicted octanol–water partition coefficient (Wildman–Crippen LogP) is 4.27. The Balaban J connectivity index is 0.000000771. The highest BCUT2D eigenvalue weighted by Gasteiger charge is 2.18. The molecule has 0 aromatic heterocycles. The van der Waals surface area contributed by atoms with Gasteiger partial charge in [0.2, 0.25) is 0 Å². The highest BCUT2D eigenvalue weighted by atomic mass is 31.0. The Morgan fingerprint density at radius 3 is 2.31 bits per heavy atom. The summed E-state index contributed by atoms with van der Waals surface area (Å²) in [6.07, 6.45) is 2.76. The van der Waals surface area contributed by atoms with E-state index in [0.717, 1.165) is 34.1 Å². The summed E-state index contributed by atoms with van der Waals surface area (Å²) in [5, 5.41) is 9.47. The number of carbonyl (C=O) groups excluding carboxylic acids is 1. The van der Waals surface area contributed by atoms with Gasteiger partial charge in [0.1, 0.15) is 6.67 Å². The molecule has 1 aliphatic heterocycles. The molecule has 152 valence electrons. The van der Waals surface area contributed by atoms with Gasteiger partial charge < -0.3 is 0 Å². The van der Waals surface area contributed by atoms with Gasteiger partial charge in [0.15, 0.2) is 6.29 Å². The molecule has 0 saturated carbocycles. The number of allylic oxidation sites excluding steroid dienone is 1. The van der Waals surface area contributed by atoms with Crippen molar-refractivity contribution in [3.63, 3.8) is 0 Å². The molecule has 1 unspecified atom stereocenters. The maximum Gasteiger partial charge on any atom is 0.165 e. The second kappa shape index (κ2) is 13.2. The maximum absolute atomic E-state index is 10.9. The van der Waals surface area contributed by atoms with Crippen molar-refractivity contribution in [1.29, 1.82) is 0 Å². The van der Waals surface area contributed by atoms with Crippen molar-refractivity contribution in [2.75, 3.05) is 13.7 Å². The third kappa shape index (κ3) is 7.51. The zero-order chi connectivity index (χ0) is 21.6. The van der Waals surface area contributed by atoms with Gasteiger partial charge in [0.25, 0.3) is 0 Å². The minimum atomic E-state index is 0.377. The number of nitroso groups, excluding NO2 is 1. The molecule has 2 aromatic rings. The Bertz CT molecular complexity index is 893. The zero-order valence-electron chi connectivity index (χ0n) is 17.2. The molecular weight excluding hydrogens is 383 g/mol. The van der Waals surface area contributed by atoms with E-state index in [1.807, 2.05) is 68.5 Å². The zero-order valence-corrected chi connectivity index (χ0v) is 18.4. The normalized spacial score (nSPS) is 13.0. The average molecular weight is 410 g/mol. The van der Waals surface area contributed by atoms with Crippen LogP contribution in [0.15, 0.2) is 75.9 Å². The summed E-state index contributed by atoms with van der Waals surface area (Å²) < 4.78 is 0. The quantitative estimate of drug-likeness (QED) is 0.327. The number of hydrogen-bond donors (Lipinski definition) is 0. The minimum Gasteiger partial charge on any atom is -0.296 e. The van der Waals surface area contributed by atoms with Gasteiger partial charge in [-0.2, -0.15) is 10.0 Å². The van der Waals surface area contributed by atoms with Crippen LogP contribution < -0.4 is 5.30 Å². The van der Waals surface area contributed by atoms with E-state index in [4.69, 9.17) is 4.91 Å². The standard InChI is InChI=1S/C19H18N3OP.C2H6.CH3NO/c1-14(12-23)21-22-13-20-18(15-6-3-2-4-7-15)11-19(22)16-8-5-9-17(24)10-16;1-2;1-2-3/h2-12H,13,24H2,1H3;1-2H3;1H3/b21-14+;;. The second-order valence-corrected chi connectivity index (χ2v) is 6.31. The monoisotopic (exact) mass is 410 g/mol. The molecule has 1 heterocycles. The van der Waals surface area contributed by atoms with Gasteiger partial charge in [0, 0.05) is 5.56 Å². The first kappa shape index (κ1) is 24.1. The number of hydrazone groups is 1. The first-order valence-electron chi connectivity index (χ1n) is 9.26. The summed E-state index contributed by atoms with van der Waals surface area (Å²) >= 11 is 0. The molecule has 0 radical (unpaired) electrons. The number of nitrogens with zero attached hydrogens (tertiary/aromatic N) is 4. The van der Waals surface area contributed by atoms with Crippen LogP contribution in [0.4, 0.5) is 0 Å². The van der Waals surface area contributed by atoms with E-state index in [9.17, 15) is 4.79 Å². The molecule has 0 fully saturated rings. The summed E-state index contributed by atoms with van der Waals surface area (Å²) in [7, 11) is 3.90. The topological polar surface area (TPSA) is 74.5 Å². The van der Waals surface area contributed by atoms with Gasteiger partial charge in [0.05, 0.1) is 24.2 Å². The summed E-state index contributed by atoms with van der Waals surface area (Å²) in [4.78, 5) is 24.1. The van der Waals surface area contributed by atoms with Gasteiger partial charge in [-0.1, -0.05) is 67.6 Å². The Kier molecular flexibility index (Phi) is 11.0. The molecule has 0 aliphatic carbocycles. The number of aldehydes is 1. The molecular formula is C22H27N4O2P. The molecule has 2 aromatic carbocycles. The predicted molar refractivity (Wildman–Crippen MR) is 126 cm³/mol. The van der Waals surface area contributed by atoms with Gasteiger partial charge in [-0.25, -0.2) is 5.01 Å². The number of rotatable bonds is 4. The van der Waals surface area contributed by atoms with Crippen LogP contribution in [0.2, 0.25) is 0 Å². The van der Waals surface area contributed by atoms with Gasteiger partial charge in [-0.3, -0.25) is 9.79 Å². The molecule has 3 rings (SSSR count). The molecule has 0 saturated heterocycles. The van der Waals surface area contributed by atoms with E-state index in [1.54, 1.807) is 11.9 Å². The lowest BCUT2D eigenvalue weighted by atomic mass is 10.0. The largest absolute Gasteiger partial charge is 0.296 e. The van der Waals surface area contributed by atoms with Crippen LogP contribution in [0.25, 0.3) is 5.70 Å². The lowest BCUT2D eigenvalue weighted by molar-refractivity contribution is -0.102. The van der Waals surface area contributed by atoms with E-state index in [1.165, 1.54) is 7.05 Å². The highest BCUT2D eigenvalue weighted by Crippen LogP contribution is 2.24. The van der Waals surface area contributed by atoms with Crippen LogP contribution in [0, 0.1) is 4.91 Å². The van der Waals surface area contributed by atoms with Crippen molar-refractivity contribution in [3.05, 3.63) is 76.7 Å². The third-order valence-corrected chi connectivity index (χ3v) is 3.99. The lowest BCUT2D eigenvalue weighted by Gasteiger charge is -2.25. The summed E-state index contributed by atoms with van der Waals surface area (Å²) in [5.74, 6) is 0.